The van der Waals surface area contributed by atoms with E-state index in [0.29, 0.717) is 48.6 Å². The first-order chi connectivity index (χ1) is 19.1. The average Bonchev–Trinajstić information content (AvgIpc) is 2.99. The molecule has 39 heavy (non-hydrogen) atoms. The predicted molar refractivity (Wildman–Crippen MR) is 153 cm³/mol. The number of hydrogen-bond acceptors (Lipinski definition) is 5. The molecule has 7 nitrogen and oxygen atoms in total. The van der Waals surface area contributed by atoms with Crippen molar-refractivity contribution in [1.29, 1.82) is 0 Å². The monoisotopic (exact) mass is 521 g/mol. The van der Waals surface area contributed by atoms with Crippen molar-refractivity contribution in [3.63, 3.8) is 0 Å². The van der Waals surface area contributed by atoms with Crippen LogP contribution >= 0.6 is 0 Å². The Labute approximate surface area is 226 Å². The van der Waals surface area contributed by atoms with Gasteiger partial charge < -0.3 is 14.8 Å². The number of ether oxygens (including phenoxy) is 2. The van der Waals surface area contributed by atoms with Crippen LogP contribution in [0.4, 0.5) is 0 Å². The number of nitrogens with zero attached hydrogens (tertiary/aromatic N) is 2. The molecule has 7 heteroatoms. The van der Waals surface area contributed by atoms with Crippen LogP contribution in [0, 0.1) is 0 Å². The van der Waals surface area contributed by atoms with Crippen molar-refractivity contribution in [2.75, 3.05) is 13.7 Å². The van der Waals surface area contributed by atoms with Gasteiger partial charge in [0, 0.05) is 19.6 Å². The maximum atomic E-state index is 13.8. The third-order valence-electron chi connectivity index (χ3n) is 6.63. The molecule has 0 saturated heterocycles. The fourth-order valence-electron chi connectivity index (χ4n) is 4.58. The molecule has 0 spiro atoms. The number of benzene rings is 4. The van der Waals surface area contributed by atoms with Crippen molar-refractivity contribution < 1.29 is 9.47 Å². The molecule has 0 atom stereocenters. The highest BCUT2D eigenvalue weighted by molar-refractivity contribution is 5.84. The normalized spacial score (nSPS) is 11.0. The minimum absolute atomic E-state index is 0.157. The van der Waals surface area contributed by atoms with Gasteiger partial charge >= 0.3 is 5.69 Å². The van der Waals surface area contributed by atoms with E-state index in [4.69, 9.17) is 9.47 Å². The van der Waals surface area contributed by atoms with Gasteiger partial charge in [0.25, 0.3) is 5.56 Å². The number of aromatic nitrogens is 2. The molecule has 198 valence electrons. The van der Waals surface area contributed by atoms with Crippen LogP contribution in [0.1, 0.15) is 16.7 Å². The molecule has 5 rings (SSSR count). The molecule has 0 aliphatic carbocycles. The molecule has 0 unspecified atom stereocenters. The number of methoxy groups -OCH3 is 1. The first-order valence-electron chi connectivity index (χ1n) is 12.9. The van der Waals surface area contributed by atoms with Crippen LogP contribution < -0.4 is 26.0 Å². The zero-order valence-electron chi connectivity index (χ0n) is 21.9. The molecule has 0 saturated carbocycles. The van der Waals surface area contributed by atoms with Gasteiger partial charge in [0.2, 0.25) is 0 Å². The summed E-state index contributed by atoms with van der Waals surface area (Å²) in [5.41, 5.74) is 2.78. The summed E-state index contributed by atoms with van der Waals surface area (Å²) in [6.07, 6.45) is 0. The van der Waals surface area contributed by atoms with Gasteiger partial charge in [0.1, 0.15) is 23.6 Å². The lowest BCUT2D eigenvalue weighted by Gasteiger charge is -2.18. The number of fused-ring (bicyclic) bond motifs is 1. The molecule has 1 aromatic heterocycles. The third-order valence-corrected chi connectivity index (χ3v) is 6.63. The second-order valence-corrected chi connectivity index (χ2v) is 9.26. The van der Waals surface area contributed by atoms with Crippen LogP contribution in [0.2, 0.25) is 0 Å². The molecule has 0 radical (unpaired) electrons. The second-order valence-electron chi connectivity index (χ2n) is 9.26. The van der Waals surface area contributed by atoms with Gasteiger partial charge in [-0.25, -0.2) is 4.79 Å². The van der Waals surface area contributed by atoms with E-state index in [1.807, 2.05) is 78.9 Å². The quantitative estimate of drug-likeness (QED) is 0.258. The van der Waals surface area contributed by atoms with Gasteiger partial charge in [-0.05, 0) is 41.0 Å². The van der Waals surface area contributed by atoms with Crippen molar-refractivity contribution >= 4 is 10.9 Å². The Morgan fingerprint density at radius 3 is 2.10 bits per heavy atom. The first-order valence-corrected chi connectivity index (χ1v) is 12.9. The smallest absolute Gasteiger partial charge is 0.331 e. The minimum Gasteiger partial charge on any atom is -0.497 e. The van der Waals surface area contributed by atoms with Crippen LogP contribution in [0.25, 0.3) is 10.9 Å². The fourth-order valence-corrected chi connectivity index (χ4v) is 4.58. The third kappa shape index (κ3) is 6.10. The van der Waals surface area contributed by atoms with Crippen LogP contribution in [0.15, 0.2) is 113 Å². The van der Waals surface area contributed by atoms with E-state index >= 15 is 0 Å². The largest absolute Gasteiger partial charge is 0.497 e. The van der Waals surface area contributed by atoms with E-state index in [2.05, 4.69) is 17.4 Å². The van der Waals surface area contributed by atoms with E-state index in [0.717, 1.165) is 16.7 Å². The lowest BCUT2D eigenvalue weighted by molar-refractivity contribution is 0.308. The van der Waals surface area contributed by atoms with E-state index in [1.54, 1.807) is 23.8 Å². The summed E-state index contributed by atoms with van der Waals surface area (Å²) in [5.74, 6) is 1.22. The fraction of sp³-hybridized carbons (Fsp3) is 0.188. The Morgan fingerprint density at radius 2 is 1.41 bits per heavy atom. The molecule has 0 amide bonds. The predicted octanol–water partition coefficient (Wildman–Crippen LogP) is 4.59. The highest BCUT2D eigenvalue weighted by Crippen LogP contribution is 2.24. The van der Waals surface area contributed by atoms with Crippen molar-refractivity contribution in [3.05, 3.63) is 141 Å². The lowest BCUT2D eigenvalue weighted by atomic mass is 10.2. The van der Waals surface area contributed by atoms with Gasteiger partial charge in [-0.1, -0.05) is 78.9 Å². The Morgan fingerprint density at radius 1 is 0.718 bits per heavy atom. The summed E-state index contributed by atoms with van der Waals surface area (Å²) in [4.78, 5) is 27.5. The van der Waals surface area contributed by atoms with Gasteiger partial charge in [-0.15, -0.1) is 0 Å². The Kier molecular flexibility index (Phi) is 8.19. The highest BCUT2D eigenvalue weighted by Gasteiger charge is 2.17. The van der Waals surface area contributed by atoms with Crippen LogP contribution in [0.5, 0.6) is 11.5 Å². The molecule has 4 aromatic carbocycles. The van der Waals surface area contributed by atoms with E-state index in [-0.39, 0.29) is 17.8 Å². The first kappa shape index (κ1) is 26.0. The summed E-state index contributed by atoms with van der Waals surface area (Å²) in [7, 11) is 1.60. The maximum Gasteiger partial charge on any atom is 0.331 e. The van der Waals surface area contributed by atoms with Crippen LogP contribution in [-0.4, -0.2) is 22.8 Å². The van der Waals surface area contributed by atoms with Crippen molar-refractivity contribution in [2.24, 2.45) is 0 Å². The molecule has 1 heterocycles. The zero-order valence-corrected chi connectivity index (χ0v) is 21.9. The number of nitrogens with one attached hydrogen (secondary N) is 1. The van der Waals surface area contributed by atoms with E-state index < -0.39 is 0 Å². The van der Waals surface area contributed by atoms with Gasteiger partial charge in [0.15, 0.2) is 0 Å². The number of para-hydroxylation sites is 1. The summed E-state index contributed by atoms with van der Waals surface area (Å²) in [6.45, 7) is 2.07. The topological polar surface area (TPSA) is 74.5 Å². The van der Waals surface area contributed by atoms with E-state index in [9.17, 15) is 9.59 Å². The lowest BCUT2D eigenvalue weighted by Crippen LogP contribution is -2.41. The molecular weight excluding hydrogens is 490 g/mol. The molecular formula is C32H31N3O4. The Balaban J connectivity index is 1.51. The van der Waals surface area contributed by atoms with Gasteiger partial charge in [0.05, 0.1) is 19.0 Å². The SMILES string of the molecule is COc1ccc(Cn2c(=O)c3cccc(OCc4ccccc4)c3n(CCNCc3ccccc3)c2=O)cc1. The van der Waals surface area contributed by atoms with Crippen molar-refractivity contribution in [3.8, 4) is 11.5 Å². The van der Waals surface area contributed by atoms with Crippen LogP contribution in [-0.2, 0) is 26.2 Å². The average molecular weight is 522 g/mol. The van der Waals surface area contributed by atoms with E-state index in [1.165, 1.54) is 4.57 Å². The molecule has 0 fully saturated rings. The van der Waals surface area contributed by atoms with Crippen molar-refractivity contribution in [2.45, 2.75) is 26.2 Å². The molecule has 0 aliphatic rings. The Bertz CT molecular complexity index is 1640. The summed E-state index contributed by atoms with van der Waals surface area (Å²) in [6, 6.07) is 32.6. The van der Waals surface area contributed by atoms with Crippen LogP contribution in [0.3, 0.4) is 0 Å². The van der Waals surface area contributed by atoms with Gasteiger partial charge in [-0.3, -0.25) is 13.9 Å². The molecule has 0 aliphatic heterocycles. The molecule has 0 bridgehead atoms. The zero-order chi connectivity index (χ0) is 27.0. The molecule has 5 aromatic rings. The number of hydrogen-bond donors (Lipinski definition) is 1. The van der Waals surface area contributed by atoms with Gasteiger partial charge in [-0.2, -0.15) is 0 Å². The summed E-state index contributed by atoms with van der Waals surface area (Å²) >= 11 is 0. The minimum atomic E-state index is -0.374. The second kappa shape index (κ2) is 12.3. The Hall–Kier alpha value is -4.62. The summed E-state index contributed by atoms with van der Waals surface area (Å²) in [5, 5.41) is 3.86. The summed E-state index contributed by atoms with van der Waals surface area (Å²) < 4.78 is 14.4. The number of rotatable bonds is 11. The molecule has 1 N–H and O–H groups in total. The maximum absolute atomic E-state index is 13.8. The standard InChI is InChI=1S/C32H31N3O4/c1-38-27-17-15-25(16-18-27)22-35-31(36)28-13-8-14-29(39-23-26-11-6-3-7-12-26)30(28)34(32(35)37)20-19-33-21-24-9-4-2-5-10-24/h2-18,33H,19-23H2,1H3. The van der Waals surface area contributed by atoms with Crippen molar-refractivity contribution in [1.82, 2.24) is 14.5 Å². The highest BCUT2D eigenvalue weighted by atomic mass is 16.5.